The Morgan fingerprint density at radius 3 is 2.56 bits per heavy atom. The monoisotopic (exact) mass is 588 g/mol. The van der Waals surface area contributed by atoms with E-state index in [1.54, 1.807) is 0 Å². The van der Waals surface area contributed by atoms with E-state index in [2.05, 4.69) is 130 Å². The number of hydrogen-bond donors (Lipinski definition) is 0. The highest BCUT2D eigenvalue weighted by Gasteiger charge is 2.36. The van der Waals surface area contributed by atoms with E-state index < -0.39 is 0 Å². The second kappa shape index (κ2) is 12.0. The molecule has 0 amide bonds. The van der Waals surface area contributed by atoms with Crippen LogP contribution in [0.3, 0.4) is 0 Å². The highest BCUT2D eigenvalue weighted by Crippen LogP contribution is 2.49. The van der Waals surface area contributed by atoms with Gasteiger partial charge in [-0.2, -0.15) is 0 Å². The largest absolute Gasteiger partial charge is 0.256 e. The van der Waals surface area contributed by atoms with Crippen LogP contribution in [0, 0.1) is 11.3 Å². The zero-order chi connectivity index (χ0) is 31.0. The van der Waals surface area contributed by atoms with Gasteiger partial charge in [-0.1, -0.05) is 112 Å². The number of aromatic nitrogens is 4. The van der Waals surface area contributed by atoms with Crippen molar-refractivity contribution >= 4 is 22.6 Å². The Morgan fingerprint density at radius 1 is 0.911 bits per heavy atom. The topological polar surface area (TPSA) is 51.6 Å². The molecule has 2 heterocycles. The Kier molecular flexibility index (Phi) is 7.75. The summed E-state index contributed by atoms with van der Waals surface area (Å²) in [6.45, 7) is 9.06. The maximum absolute atomic E-state index is 5.15. The van der Waals surface area contributed by atoms with Crippen LogP contribution in [-0.2, 0) is 6.42 Å². The van der Waals surface area contributed by atoms with Gasteiger partial charge in [0.15, 0.2) is 11.6 Å². The molecule has 7 rings (SSSR count). The lowest BCUT2D eigenvalue weighted by Gasteiger charge is -2.40. The minimum Gasteiger partial charge on any atom is -0.256 e. The van der Waals surface area contributed by atoms with Crippen LogP contribution in [0.25, 0.3) is 45.1 Å². The van der Waals surface area contributed by atoms with E-state index in [0.29, 0.717) is 11.7 Å². The molecule has 0 aliphatic heterocycles. The summed E-state index contributed by atoms with van der Waals surface area (Å²) >= 11 is 0. The second-order valence-electron chi connectivity index (χ2n) is 13.0. The van der Waals surface area contributed by atoms with Crippen LogP contribution in [0.1, 0.15) is 75.7 Å². The Bertz CT molecular complexity index is 1960. The van der Waals surface area contributed by atoms with Crippen LogP contribution in [0.15, 0.2) is 109 Å². The van der Waals surface area contributed by atoms with Crippen molar-refractivity contribution in [2.45, 2.75) is 59.3 Å². The van der Waals surface area contributed by atoms with Gasteiger partial charge in [0.2, 0.25) is 0 Å². The molecule has 4 nitrogen and oxygen atoms in total. The Hall–Kier alpha value is -4.70. The van der Waals surface area contributed by atoms with Crippen molar-refractivity contribution < 1.29 is 0 Å². The van der Waals surface area contributed by atoms with Gasteiger partial charge in [0.25, 0.3) is 0 Å². The number of benzene rings is 3. The van der Waals surface area contributed by atoms with Gasteiger partial charge in [-0.25, -0.2) is 15.0 Å². The summed E-state index contributed by atoms with van der Waals surface area (Å²) in [5.74, 6) is 3.08. The SMILES string of the molecule is CCc1ccccc1/C=C(\C)c1nc(-c2ccc(-c3cccc4cccnc34)cc2)nc(C2C=C3C=CC(C)C[C@]3(C)CC2)n1. The van der Waals surface area contributed by atoms with E-state index >= 15 is 0 Å². The van der Waals surface area contributed by atoms with Crippen molar-refractivity contribution in [3.8, 4) is 22.5 Å². The summed E-state index contributed by atoms with van der Waals surface area (Å²) in [5, 5.41) is 1.14. The van der Waals surface area contributed by atoms with Crippen molar-refractivity contribution in [3.05, 3.63) is 132 Å². The van der Waals surface area contributed by atoms with Crippen LogP contribution >= 0.6 is 0 Å². The number of fused-ring (bicyclic) bond motifs is 2. The van der Waals surface area contributed by atoms with Gasteiger partial charge < -0.3 is 0 Å². The van der Waals surface area contributed by atoms with Crippen LogP contribution in [0.2, 0.25) is 0 Å². The van der Waals surface area contributed by atoms with Crippen molar-refractivity contribution in [1.29, 1.82) is 0 Å². The molecule has 45 heavy (non-hydrogen) atoms. The van der Waals surface area contributed by atoms with Gasteiger partial charge in [0.1, 0.15) is 5.82 Å². The number of rotatable bonds is 6. The molecule has 4 heteroatoms. The molecule has 224 valence electrons. The number of hydrogen-bond acceptors (Lipinski definition) is 4. The number of pyridine rings is 1. The fourth-order valence-corrected chi connectivity index (χ4v) is 7.14. The lowest BCUT2D eigenvalue weighted by molar-refractivity contribution is 0.271. The summed E-state index contributed by atoms with van der Waals surface area (Å²) in [5.41, 5.74) is 9.47. The van der Waals surface area contributed by atoms with Gasteiger partial charge in [-0.05, 0) is 83.9 Å². The first-order valence-electron chi connectivity index (χ1n) is 16.3. The van der Waals surface area contributed by atoms with E-state index in [0.717, 1.165) is 64.1 Å². The smallest absolute Gasteiger partial charge is 0.163 e. The molecule has 3 atom stereocenters. The Morgan fingerprint density at radius 2 is 1.71 bits per heavy atom. The van der Waals surface area contributed by atoms with Gasteiger partial charge in [0, 0.05) is 28.6 Å². The van der Waals surface area contributed by atoms with Gasteiger partial charge >= 0.3 is 0 Å². The fraction of sp³-hybridized carbons (Fsp3) is 0.268. The third-order valence-electron chi connectivity index (χ3n) is 9.69. The molecule has 0 spiro atoms. The summed E-state index contributed by atoms with van der Waals surface area (Å²) in [6.07, 6.45) is 15.6. The molecule has 2 aliphatic carbocycles. The summed E-state index contributed by atoms with van der Waals surface area (Å²) in [6, 6.07) is 27.6. The fourth-order valence-electron chi connectivity index (χ4n) is 7.14. The van der Waals surface area contributed by atoms with Crippen LogP contribution in [0.5, 0.6) is 0 Å². The first-order valence-corrected chi connectivity index (χ1v) is 16.3. The molecule has 2 aliphatic rings. The molecule has 0 fully saturated rings. The molecule has 2 unspecified atom stereocenters. The molecular formula is C41H40N4. The van der Waals surface area contributed by atoms with Crippen LogP contribution < -0.4 is 0 Å². The average molecular weight is 589 g/mol. The van der Waals surface area contributed by atoms with E-state index in [1.807, 2.05) is 12.3 Å². The van der Waals surface area contributed by atoms with Gasteiger partial charge in [-0.3, -0.25) is 4.98 Å². The quantitative estimate of drug-likeness (QED) is 0.198. The van der Waals surface area contributed by atoms with E-state index in [9.17, 15) is 0 Å². The summed E-state index contributed by atoms with van der Waals surface area (Å²) < 4.78 is 0. The zero-order valence-electron chi connectivity index (χ0n) is 26.7. The minimum absolute atomic E-state index is 0.156. The lowest BCUT2D eigenvalue weighted by Crippen LogP contribution is -2.29. The van der Waals surface area contributed by atoms with Gasteiger partial charge in [0.05, 0.1) is 5.52 Å². The third-order valence-corrected chi connectivity index (χ3v) is 9.69. The number of nitrogens with zero attached hydrogens (tertiary/aromatic N) is 4. The van der Waals surface area contributed by atoms with E-state index in [4.69, 9.17) is 15.0 Å². The van der Waals surface area contributed by atoms with Crippen molar-refractivity contribution in [2.24, 2.45) is 11.3 Å². The molecule has 0 N–H and O–H groups in total. The number of para-hydroxylation sites is 1. The summed E-state index contributed by atoms with van der Waals surface area (Å²) in [4.78, 5) is 20.0. The Balaban J connectivity index is 1.31. The molecule has 2 aromatic heterocycles. The van der Waals surface area contributed by atoms with Crippen molar-refractivity contribution in [2.75, 3.05) is 0 Å². The molecule has 0 saturated carbocycles. The number of allylic oxidation sites excluding steroid dienone is 5. The van der Waals surface area contributed by atoms with Crippen LogP contribution in [-0.4, -0.2) is 19.9 Å². The molecule has 0 bridgehead atoms. The third kappa shape index (κ3) is 5.78. The molecule has 0 radical (unpaired) electrons. The second-order valence-corrected chi connectivity index (χ2v) is 13.0. The highest BCUT2D eigenvalue weighted by molar-refractivity contribution is 5.93. The number of aryl methyl sites for hydroxylation is 1. The molecule has 3 aromatic carbocycles. The van der Waals surface area contributed by atoms with E-state index in [1.165, 1.54) is 23.1 Å². The van der Waals surface area contributed by atoms with Gasteiger partial charge in [-0.15, -0.1) is 0 Å². The molecular weight excluding hydrogens is 548 g/mol. The normalized spacial score (nSPS) is 21.4. The average Bonchev–Trinajstić information content (AvgIpc) is 3.07. The first kappa shape index (κ1) is 29.0. The maximum atomic E-state index is 5.15. The zero-order valence-corrected chi connectivity index (χ0v) is 26.7. The first-order chi connectivity index (χ1) is 21.9. The van der Waals surface area contributed by atoms with Crippen molar-refractivity contribution in [3.63, 3.8) is 0 Å². The van der Waals surface area contributed by atoms with E-state index in [-0.39, 0.29) is 11.3 Å². The standard InChI is InChI=1S/C41H40N4/c1-5-29-10-6-7-11-33(29)24-28(3)38-43-39(45-40(44-38)34-21-22-41(4)26-27(2)15-20-35(41)25-34)32-18-16-30(17-19-32)36-14-8-12-31-13-9-23-42-37(31)36/h6-20,23-25,27,34H,5,21-22,26H2,1-4H3/b28-24+/t27?,34?,41-/m0/s1. The predicted molar refractivity (Wildman–Crippen MR) is 186 cm³/mol. The maximum Gasteiger partial charge on any atom is 0.163 e. The minimum atomic E-state index is 0.156. The predicted octanol–water partition coefficient (Wildman–Crippen LogP) is 10.3. The Labute approximate surface area is 266 Å². The lowest BCUT2D eigenvalue weighted by atomic mass is 9.64. The molecule has 5 aromatic rings. The van der Waals surface area contributed by atoms with Crippen LogP contribution in [0.4, 0.5) is 0 Å². The highest BCUT2D eigenvalue weighted by atomic mass is 15.0. The van der Waals surface area contributed by atoms with Crippen molar-refractivity contribution in [1.82, 2.24) is 19.9 Å². The molecule has 0 saturated heterocycles. The summed E-state index contributed by atoms with van der Waals surface area (Å²) in [7, 11) is 0.